The number of nitrogens with one attached hydrogen (secondary N) is 2. The van der Waals surface area contributed by atoms with Gasteiger partial charge in [0.2, 0.25) is 5.91 Å². The highest BCUT2D eigenvalue weighted by Gasteiger charge is 2.23. The lowest BCUT2D eigenvalue weighted by atomic mass is 10.0. The van der Waals surface area contributed by atoms with Gasteiger partial charge >= 0.3 is 5.97 Å². The summed E-state index contributed by atoms with van der Waals surface area (Å²) in [5, 5.41) is 5.29. The lowest BCUT2D eigenvalue weighted by molar-refractivity contribution is -0.142. The Labute approximate surface area is 160 Å². The van der Waals surface area contributed by atoms with Gasteiger partial charge in [0.15, 0.2) is 0 Å². The minimum Gasteiger partial charge on any atom is -0.467 e. The third kappa shape index (κ3) is 5.42. The summed E-state index contributed by atoms with van der Waals surface area (Å²) in [6.45, 7) is 1.36. The van der Waals surface area contributed by atoms with Crippen LogP contribution in [-0.2, 0) is 20.7 Å². The summed E-state index contributed by atoms with van der Waals surface area (Å²) in [5.74, 6) is -1.30. The van der Waals surface area contributed by atoms with E-state index in [2.05, 4.69) is 26.6 Å². The number of hydrogen-bond donors (Lipinski definition) is 2. The molecule has 2 rings (SSSR count). The Hall–Kier alpha value is -2.67. The standard InChI is InChI=1S/C19H19BrN2O4/c1-12(23)21-16-6-4-3-5-15(16)18(24)22-17(19(25)26-2)11-13-7-9-14(20)10-8-13/h3-10,17H,11H2,1-2H3,(H,21,23)(H,22,24)/t17-/m0/s1. The van der Waals surface area contributed by atoms with E-state index in [1.54, 1.807) is 24.3 Å². The molecular formula is C19H19BrN2O4. The monoisotopic (exact) mass is 418 g/mol. The summed E-state index contributed by atoms with van der Waals surface area (Å²) < 4.78 is 5.73. The van der Waals surface area contributed by atoms with E-state index in [1.165, 1.54) is 14.0 Å². The number of halogens is 1. The largest absolute Gasteiger partial charge is 0.467 e. The molecule has 0 unspecified atom stereocenters. The number of para-hydroxylation sites is 1. The molecule has 26 heavy (non-hydrogen) atoms. The molecule has 1 atom stereocenters. The second kappa shape index (κ2) is 9.15. The predicted molar refractivity (Wildman–Crippen MR) is 102 cm³/mol. The maximum absolute atomic E-state index is 12.6. The fourth-order valence-corrected chi connectivity index (χ4v) is 2.67. The van der Waals surface area contributed by atoms with Gasteiger partial charge in [0.1, 0.15) is 6.04 Å². The molecule has 2 aromatic carbocycles. The predicted octanol–water partition coefficient (Wildman–Crippen LogP) is 2.92. The average molecular weight is 419 g/mol. The third-order valence-electron chi connectivity index (χ3n) is 3.63. The van der Waals surface area contributed by atoms with Crippen LogP contribution in [0.25, 0.3) is 0 Å². The van der Waals surface area contributed by atoms with Crippen LogP contribution in [0.5, 0.6) is 0 Å². The van der Waals surface area contributed by atoms with Crippen LogP contribution in [0.3, 0.4) is 0 Å². The van der Waals surface area contributed by atoms with E-state index in [4.69, 9.17) is 4.74 Å². The van der Waals surface area contributed by atoms with E-state index in [1.807, 2.05) is 24.3 Å². The molecule has 0 saturated heterocycles. The summed E-state index contributed by atoms with van der Waals surface area (Å²) >= 11 is 3.36. The molecule has 2 aromatic rings. The van der Waals surface area contributed by atoms with Gasteiger partial charge in [0.25, 0.3) is 5.91 Å². The van der Waals surface area contributed by atoms with Crippen LogP contribution in [0.4, 0.5) is 5.69 Å². The smallest absolute Gasteiger partial charge is 0.328 e. The minimum atomic E-state index is -0.848. The summed E-state index contributed by atoms with van der Waals surface area (Å²) in [4.78, 5) is 36.1. The Morgan fingerprint density at radius 2 is 1.73 bits per heavy atom. The maximum atomic E-state index is 12.6. The third-order valence-corrected chi connectivity index (χ3v) is 4.16. The second-order valence-electron chi connectivity index (χ2n) is 5.61. The molecule has 6 nitrogen and oxygen atoms in total. The molecule has 0 saturated carbocycles. The number of benzene rings is 2. The van der Waals surface area contributed by atoms with Crippen molar-refractivity contribution in [2.45, 2.75) is 19.4 Å². The fraction of sp³-hybridized carbons (Fsp3) is 0.211. The number of esters is 1. The molecule has 0 spiro atoms. The van der Waals surface area contributed by atoms with Gasteiger partial charge in [-0.25, -0.2) is 4.79 Å². The Kier molecular flexibility index (Phi) is 6.91. The quantitative estimate of drug-likeness (QED) is 0.706. The van der Waals surface area contributed by atoms with Crippen molar-refractivity contribution >= 4 is 39.4 Å². The lowest BCUT2D eigenvalue weighted by Crippen LogP contribution is -2.43. The summed E-state index contributed by atoms with van der Waals surface area (Å²) in [5.41, 5.74) is 1.52. The van der Waals surface area contributed by atoms with Crippen LogP contribution in [0.1, 0.15) is 22.8 Å². The highest BCUT2D eigenvalue weighted by Crippen LogP contribution is 2.16. The van der Waals surface area contributed by atoms with Crippen molar-refractivity contribution in [3.05, 3.63) is 64.1 Å². The van der Waals surface area contributed by atoms with Crippen LogP contribution >= 0.6 is 15.9 Å². The Morgan fingerprint density at radius 1 is 1.08 bits per heavy atom. The van der Waals surface area contributed by atoms with E-state index in [0.717, 1.165) is 10.0 Å². The van der Waals surface area contributed by atoms with E-state index in [-0.39, 0.29) is 17.9 Å². The molecule has 2 N–H and O–H groups in total. The summed E-state index contributed by atoms with van der Waals surface area (Å²) in [6.07, 6.45) is 0.286. The number of hydrogen-bond acceptors (Lipinski definition) is 4. The molecular weight excluding hydrogens is 400 g/mol. The number of rotatable bonds is 6. The number of carbonyl (C=O) groups excluding carboxylic acids is 3. The van der Waals surface area contributed by atoms with Crippen molar-refractivity contribution in [1.29, 1.82) is 0 Å². The number of carbonyl (C=O) groups is 3. The van der Waals surface area contributed by atoms with E-state index in [0.29, 0.717) is 5.69 Å². The summed E-state index contributed by atoms with van der Waals surface area (Å²) in [6, 6.07) is 13.2. The number of anilines is 1. The molecule has 0 heterocycles. The number of ether oxygens (including phenoxy) is 1. The van der Waals surface area contributed by atoms with Crippen molar-refractivity contribution in [2.75, 3.05) is 12.4 Å². The van der Waals surface area contributed by atoms with Crippen molar-refractivity contribution in [3.8, 4) is 0 Å². The number of amides is 2. The average Bonchev–Trinajstić information content (AvgIpc) is 2.62. The highest BCUT2D eigenvalue weighted by molar-refractivity contribution is 9.10. The van der Waals surface area contributed by atoms with E-state index in [9.17, 15) is 14.4 Å². The second-order valence-corrected chi connectivity index (χ2v) is 6.52. The van der Waals surface area contributed by atoms with Crippen molar-refractivity contribution in [3.63, 3.8) is 0 Å². The maximum Gasteiger partial charge on any atom is 0.328 e. The molecule has 136 valence electrons. The number of methoxy groups -OCH3 is 1. The first-order chi connectivity index (χ1) is 12.4. The zero-order valence-corrected chi connectivity index (χ0v) is 16.0. The summed E-state index contributed by atoms with van der Waals surface area (Å²) in [7, 11) is 1.27. The van der Waals surface area contributed by atoms with Gasteiger partial charge in [-0.2, -0.15) is 0 Å². The molecule has 0 aliphatic heterocycles. The van der Waals surface area contributed by atoms with Crippen molar-refractivity contribution in [2.24, 2.45) is 0 Å². The van der Waals surface area contributed by atoms with Gasteiger partial charge in [0.05, 0.1) is 18.4 Å². The lowest BCUT2D eigenvalue weighted by Gasteiger charge is -2.18. The molecule has 7 heteroatoms. The van der Waals surface area contributed by atoms with Crippen LogP contribution in [-0.4, -0.2) is 30.9 Å². The zero-order valence-electron chi connectivity index (χ0n) is 14.4. The minimum absolute atomic E-state index is 0.271. The zero-order chi connectivity index (χ0) is 19.1. The van der Waals surface area contributed by atoms with Crippen LogP contribution in [0, 0.1) is 0 Å². The molecule has 0 aliphatic rings. The van der Waals surface area contributed by atoms with E-state index >= 15 is 0 Å². The van der Waals surface area contributed by atoms with Gasteiger partial charge in [0, 0.05) is 17.8 Å². The molecule has 0 aromatic heterocycles. The first kappa shape index (κ1) is 19.7. The molecule has 0 radical (unpaired) electrons. The van der Waals surface area contributed by atoms with Gasteiger partial charge in [-0.15, -0.1) is 0 Å². The molecule has 0 bridgehead atoms. The van der Waals surface area contributed by atoms with Crippen LogP contribution in [0.15, 0.2) is 53.0 Å². The van der Waals surface area contributed by atoms with Crippen LogP contribution < -0.4 is 10.6 Å². The first-order valence-corrected chi connectivity index (χ1v) is 8.69. The normalized spacial score (nSPS) is 11.3. The highest BCUT2D eigenvalue weighted by atomic mass is 79.9. The van der Waals surface area contributed by atoms with E-state index < -0.39 is 17.9 Å². The Morgan fingerprint density at radius 3 is 2.35 bits per heavy atom. The Bertz CT molecular complexity index is 805. The fourth-order valence-electron chi connectivity index (χ4n) is 2.41. The van der Waals surface area contributed by atoms with Gasteiger partial charge in [-0.3, -0.25) is 9.59 Å². The van der Waals surface area contributed by atoms with Gasteiger partial charge in [-0.1, -0.05) is 40.2 Å². The molecule has 0 fully saturated rings. The molecule has 0 aliphatic carbocycles. The van der Waals surface area contributed by atoms with Crippen LogP contribution in [0.2, 0.25) is 0 Å². The molecule has 2 amide bonds. The van der Waals surface area contributed by atoms with Gasteiger partial charge < -0.3 is 15.4 Å². The Balaban J connectivity index is 2.20. The topological polar surface area (TPSA) is 84.5 Å². The first-order valence-electron chi connectivity index (χ1n) is 7.90. The SMILES string of the molecule is COC(=O)[C@H](Cc1ccc(Br)cc1)NC(=O)c1ccccc1NC(C)=O. The van der Waals surface area contributed by atoms with Crippen molar-refractivity contribution < 1.29 is 19.1 Å². The van der Waals surface area contributed by atoms with Crippen molar-refractivity contribution in [1.82, 2.24) is 5.32 Å². The van der Waals surface area contributed by atoms with Gasteiger partial charge in [-0.05, 0) is 29.8 Å².